The molecule has 0 spiro atoms. The Morgan fingerprint density at radius 1 is 1.50 bits per heavy atom. The molecule has 0 saturated heterocycles. The maximum absolute atomic E-state index is 11.3. The molecular formula is C12H20N3O. The molecule has 0 aromatic rings. The Kier molecular flexibility index (Phi) is 8.11. The molecule has 16 heavy (non-hydrogen) atoms. The Morgan fingerprint density at radius 3 is 2.69 bits per heavy atom. The molecule has 89 valence electrons. The van der Waals surface area contributed by atoms with Gasteiger partial charge in [0.25, 0.3) is 5.91 Å². The lowest BCUT2D eigenvalue weighted by molar-refractivity contribution is -0.123. The van der Waals surface area contributed by atoms with Gasteiger partial charge in [-0.15, -0.1) is 17.1 Å². The van der Waals surface area contributed by atoms with Crippen molar-refractivity contribution in [3.05, 3.63) is 37.0 Å². The molecular weight excluding hydrogens is 202 g/mol. The van der Waals surface area contributed by atoms with Crippen molar-refractivity contribution in [2.75, 3.05) is 6.54 Å². The summed E-state index contributed by atoms with van der Waals surface area (Å²) in [5.74, 6) is -0.282. The second-order valence-electron chi connectivity index (χ2n) is 3.24. The highest BCUT2D eigenvalue weighted by molar-refractivity contribution is 5.86. The standard InChI is InChI=1S/C12H20N3O/c1-5-8-10-15(13-11(4)7-3)14-12(16)9-6-2/h5-9,11,13H,3,10H2,1-2,4H3/b8-5?,9-6+. The molecule has 0 aliphatic rings. The number of carbonyl (C=O) groups is 1. The topological polar surface area (TPSA) is 46.4 Å². The highest BCUT2D eigenvalue weighted by Crippen LogP contribution is 1.89. The van der Waals surface area contributed by atoms with E-state index in [4.69, 9.17) is 0 Å². The van der Waals surface area contributed by atoms with Gasteiger partial charge < -0.3 is 0 Å². The van der Waals surface area contributed by atoms with E-state index < -0.39 is 0 Å². The van der Waals surface area contributed by atoms with Gasteiger partial charge in [-0.1, -0.05) is 24.3 Å². The van der Waals surface area contributed by atoms with Crippen LogP contribution in [0.25, 0.3) is 0 Å². The molecule has 0 aromatic carbocycles. The lowest BCUT2D eigenvalue weighted by atomic mass is 10.4. The summed E-state index contributed by atoms with van der Waals surface area (Å²) in [7, 11) is 0. The second-order valence-corrected chi connectivity index (χ2v) is 3.24. The van der Waals surface area contributed by atoms with E-state index in [1.165, 1.54) is 11.2 Å². The van der Waals surface area contributed by atoms with Crippen LogP contribution in [0.4, 0.5) is 0 Å². The summed E-state index contributed by atoms with van der Waals surface area (Å²) in [6, 6.07) is 0.0624. The van der Waals surface area contributed by atoms with Gasteiger partial charge in [-0.25, -0.2) is 5.43 Å². The Hall–Kier alpha value is -1.39. The van der Waals surface area contributed by atoms with Crippen LogP contribution in [0.5, 0.6) is 0 Å². The molecule has 0 saturated carbocycles. The molecule has 4 heteroatoms. The average molecular weight is 222 g/mol. The minimum absolute atomic E-state index is 0.0624. The summed E-state index contributed by atoms with van der Waals surface area (Å²) >= 11 is 0. The van der Waals surface area contributed by atoms with Crippen LogP contribution in [0.15, 0.2) is 37.0 Å². The van der Waals surface area contributed by atoms with Crippen LogP contribution < -0.4 is 10.9 Å². The minimum Gasteiger partial charge on any atom is -0.266 e. The van der Waals surface area contributed by atoms with Gasteiger partial charge in [-0.05, 0) is 20.8 Å². The van der Waals surface area contributed by atoms with Crippen LogP contribution in [0.2, 0.25) is 0 Å². The zero-order chi connectivity index (χ0) is 12.4. The van der Waals surface area contributed by atoms with E-state index in [-0.39, 0.29) is 11.9 Å². The smallest absolute Gasteiger partial charge is 0.266 e. The maximum atomic E-state index is 11.3. The van der Waals surface area contributed by atoms with Gasteiger partial charge in [0.1, 0.15) is 0 Å². The first-order chi connectivity index (χ1) is 7.63. The lowest BCUT2D eigenvalue weighted by Crippen LogP contribution is -2.48. The number of nitrogens with zero attached hydrogens (tertiary/aromatic N) is 2. The van der Waals surface area contributed by atoms with E-state index in [9.17, 15) is 4.79 Å². The number of nitrogens with one attached hydrogen (secondary N) is 1. The molecule has 0 fully saturated rings. The van der Waals surface area contributed by atoms with Crippen LogP contribution >= 0.6 is 0 Å². The first kappa shape index (κ1) is 14.6. The Bertz CT molecular complexity index is 271. The van der Waals surface area contributed by atoms with E-state index >= 15 is 0 Å². The number of hydrogen-bond donors (Lipinski definition) is 1. The monoisotopic (exact) mass is 222 g/mol. The number of allylic oxidation sites excluding steroid dienone is 2. The van der Waals surface area contributed by atoms with Crippen molar-refractivity contribution in [2.45, 2.75) is 26.8 Å². The van der Waals surface area contributed by atoms with Crippen LogP contribution in [-0.4, -0.2) is 23.6 Å². The van der Waals surface area contributed by atoms with Crippen molar-refractivity contribution < 1.29 is 4.79 Å². The van der Waals surface area contributed by atoms with Crippen molar-refractivity contribution in [2.24, 2.45) is 0 Å². The highest BCUT2D eigenvalue weighted by atomic mass is 16.2. The van der Waals surface area contributed by atoms with Gasteiger partial charge >= 0.3 is 0 Å². The van der Waals surface area contributed by atoms with Gasteiger partial charge in [0, 0.05) is 12.1 Å². The van der Waals surface area contributed by atoms with Crippen molar-refractivity contribution in [1.82, 2.24) is 16.0 Å². The molecule has 4 nitrogen and oxygen atoms in total. The summed E-state index contributed by atoms with van der Waals surface area (Å²) in [4.78, 5) is 11.3. The number of rotatable bonds is 7. The first-order valence-electron chi connectivity index (χ1n) is 5.29. The second kappa shape index (κ2) is 8.88. The first-order valence-corrected chi connectivity index (χ1v) is 5.29. The SMILES string of the molecule is C=CC(C)NN(CC=CC)[N]C(=O)/C=C/C. The molecule has 0 bridgehead atoms. The highest BCUT2D eigenvalue weighted by Gasteiger charge is 2.09. The van der Waals surface area contributed by atoms with Gasteiger partial charge in [0.05, 0.1) is 6.54 Å². The molecule has 0 aromatic heterocycles. The van der Waals surface area contributed by atoms with E-state index in [2.05, 4.69) is 17.4 Å². The third kappa shape index (κ3) is 6.98. The van der Waals surface area contributed by atoms with Gasteiger partial charge in [0.2, 0.25) is 0 Å². The van der Waals surface area contributed by atoms with Crippen LogP contribution in [0.1, 0.15) is 20.8 Å². The number of hydrazine groups is 1. The molecule has 0 rings (SSSR count). The number of amides is 1. The van der Waals surface area contributed by atoms with Gasteiger partial charge in [-0.2, -0.15) is 0 Å². The van der Waals surface area contributed by atoms with Crippen molar-refractivity contribution in [3.8, 4) is 0 Å². The molecule has 1 atom stereocenters. The fourth-order valence-corrected chi connectivity index (χ4v) is 0.910. The summed E-state index contributed by atoms with van der Waals surface area (Å²) in [5.41, 5.74) is 6.92. The summed E-state index contributed by atoms with van der Waals surface area (Å²) in [6.07, 6.45) is 8.65. The summed E-state index contributed by atoms with van der Waals surface area (Å²) < 4.78 is 0. The summed E-state index contributed by atoms with van der Waals surface area (Å²) in [6.45, 7) is 9.84. The Labute approximate surface area is 97.6 Å². The quantitative estimate of drug-likeness (QED) is 0.404. The van der Waals surface area contributed by atoms with E-state index in [1.54, 1.807) is 19.1 Å². The number of hydrogen-bond acceptors (Lipinski definition) is 3. The van der Waals surface area contributed by atoms with Gasteiger partial charge in [0.15, 0.2) is 0 Å². The maximum Gasteiger partial charge on any atom is 0.282 e. The molecule has 1 amide bonds. The van der Waals surface area contributed by atoms with Crippen LogP contribution in [0.3, 0.4) is 0 Å². The van der Waals surface area contributed by atoms with Crippen molar-refractivity contribution in [3.63, 3.8) is 0 Å². The predicted molar refractivity (Wildman–Crippen MR) is 66.3 cm³/mol. The van der Waals surface area contributed by atoms with Crippen LogP contribution in [0, 0.1) is 0 Å². The van der Waals surface area contributed by atoms with Gasteiger partial charge in [-0.3, -0.25) is 4.79 Å². The van der Waals surface area contributed by atoms with E-state index in [0.29, 0.717) is 6.54 Å². The molecule has 0 aliphatic carbocycles. The Balaban J connectivity index is 4.29. The number of carbonyl (C=O) groups excluding carboxylic acids is 1. The largest absolute Gasteiger partial charge is 0.282 e. The van der Waals surface area contributed by atoms with E-state index in [0.717, 1.165) is 0 Å². The fraction of sp³-hybridized carbons (Fsp3) is 0.417. The van der Waals surface area contributed by atoms with Crippen LogP contribution in [-0.2, 0) is 4.79 Å². The average Bonchev–Trinajstić information content (AvgIpc) is 2.26. The summed E-state index contributed by atoms with van der Waals surface area (Å²) in [5, 5.41) is 1.51. The third-order valence-electron chi connectivity index (χ3n) is 1.75. The lowest BCUT2D eigenvalue weighted by Gasteiger charge is -2.21. The molecule has 1 radical (unpaired) electrons. The van der Waals surface area contributed by atoms with E-state index in [1.807, 2.05) is 26.0 Å². The Morgan fingerprint density at radius 2 is 2.19 bits per heavy atom. The van der Waals surface area contributed by atoms with Crippen molar-refractivity contribution in [1.29, 1.82) is 0 Å². The third-order valence-corrected chi connectivity index (χ3v) is 1.75. The van der Waals surface area contributed by atoms with Crippen molar-refractivity contribution >= 4 is 5.91 Å². The molecule has 0 heterocycles. The predicted octanol–water partition coefficient (Wildman–Crippen LogP) is 1.57. The minimum atomic E-state index is -0.282. The normalized spacial score (nSPS) is 13.5. The molecule has 0 aliphatic heterocycles. The zero-order valence-corrected chi connectivity index (χ0v) is 10.2. The zero-order valence-electron chi connectivity index (χ0n) is 10.2. The molecule has 1 unspecified atom stereocenters. The fourth-order valence-electron chi connectivity index (χ4n) is 0.910. The molecule has 1 N–H and O–H groups in total.